The van der Waals surface area contributed by atoms with Crippen molar-refractivity contribution in [2.45, 2.75) is 5.22 Å². The van der Waals surface area contributed by atoms with Gasteiger partial charge in [0.2, 0.25) is 11.8 Å². The van der Waals surface area contributed by atoms with Crippen LogP contribution in [0.2, 0.25) is 0 Å². The van der Waals surface area contributed by atoms with Gasteiger partial charge >= 0.3 is 0 Å². The summed E-state index contributed by atoms with van der Waals surface area (Å²) in [5.74, 6) is 1.41. The van der Waals surface area contributed by atoms with Gasteiger partial charge in [0, 0.05) is 16.5 Å². The first kappa shape index (κ1) is 20.9. The number of ether oxygens (including phenoxy) is 2. The van der Waals surface area contributed by atoms with Crippen molar-refractivity contribution in [3.05, 3.63) is 53.9 Å². The van der Waals surface area contributed by atoms with Crippen LogP contribution in [0.25, 0.3) is 22.7 Å². The fourth-order valence-corrected chi connectivity index (χ4v) is 4.01. The molecule has 158 valence electrons. The summed E-state index contributed by atoms with van der Waals surface area (Å²) in [6, 6.07) is 15.1. The maximum atomic E-state index is 12.3. The lowest BCUT2D eigenvalue weighted by Crippen LogP contribution is -2.13. The Kier molecular flexibility index (Phi) is 6.48. The van der Waals surface area contributed by atoms with E-state index in [0.717, 1.165) is 23.0 Å². The predicted octanol–water partition coefficient (Wildman–Crippen LogP) is 4.61. The number of hydrogen-bond acceptors (Lipinski definition) is 9. The van der Waals surface area contributed by atoms with Crippen molar-refractivity contribution >= 4 is 34.1 Å². The zero-order chi connectivity index (χ0) is 21.6. The number of aromatic nitrogens is 3. The van der Waals surface area contributed by atoms with Gasteiger partial charge in [-0.2, -0.15) is 0 Å². The monoisotopic (exact) mass is 454 g/mol. The molecule has 0 aliphatic rings. The zero-order valence-corrected chi connectivity index (χ0v) is 18.3. The first-order valence-corrected chi connectivity index (χ1v) is 11.0. The Balaban J connectivity index is 1.35. The highest BCUT2D eigenvalue weighted by molar-refractivity contribution is 7.99. The highest BCUT2D eigenvalue weighted by Crippen LogP contribution is 2.32. The molecular formula is C21H18N4O4S2. The molecule has 10 heteroatoms. The molecule has 0 atom stereocenters. The normalized spacial score (nSPS) is 10.6. The van der Waals surface area contributed by atoms with Crippen LogP contribution in [-0.4, -0.2) is 41.1 Å². The van der Waals surface area contributed by atoms with Gasteiger partial charge in [0.15, 0.2) is 16.6 Å². The summed E-state index contributed by atoms with van der Waals surface area (Å²) >= 11 is 2.53. The quantitative estimate of drug-likeness (QED) is 0.385. The van der Waals surface area contributed by atoms with Crippen molar-refractivity contribution in [2.75, 3.05) is 25.3 Å². The highest BCUT2D eigenvalue weighted by atomic mass is 32.2. The molecule has 0 spiro atoms. The van der Waals surface area contributed by atoms with Gasteiger partial charge < -0.3 is 19.2 Å². The van der Waals surface area contributed by atoms with Crippen LogP contribution in [0.15, 0.2) is 63.6 Å². The highest BCUT2D eigenvalue weighted by Gasteiger charge is 2.14. The van der Waals surface area contributed by atoms with E-state index in [-0.39, 0.29) is 11.7 Å². The molecule has 0 saturated carbocycles. The Morgan fingerprint density at radius 2 is 1.87 bits per heavy atom. The van der Waals surface area contributed by atoms with Gasteiger partial charge in [-0.1, -0.05) is 42.1 Å². The van der Waals surface area contributed by atoms with Gasteiger partial charge in [0.25, 0.3) is 5.22 Å². The number of carbonyl (C=O) groups excluding carboxylic acids is 1. The number of benzene rings is 2. The van der Waals surface area contributed by atoms with Crippen molar-refractivity contribution in [3.63, 3.8) is 0 Å². The number of nitrogens with zero attached hydrogens (tertiary/aromatic N) is 3. The second kappa shape index (κ2) is 9.63. The molecule has 4 aromatic rings. The minimum atomic E-state index is -0.204. The van der Waals surface area contributed by atoms with Gasteiger partial charge in [-0.15, -0.1) is 21.5 Å². The topological polar surface area (TPSA) is 99.4 Å². The molecule has 0 unspecified atom stereocenters. The van der Waals surface area contributed by atoms with Gasteiger partial charge in [0.1, 0.15) is 0 Å². The fraction of sp³-hybridized carbons (Fsp3) is 0.143. The third kappa shape index (κ3) is 5.04. The summed E-state index contributed by atoms with van der Waals surface area (Å²) in [6.07, 6.45) is 0. The van der Waals surface area contributed by atoms with Crippen LogP contribution in [0.1, 0.15) is 0 Å². The predicted molar refractivity (Wildman–Crippen MR) is 120 cm³/mol. The third-order valence-corrected chi connectivity index (χ3v) is 5.76. The van der Waals surface area contributed by atoms with E-state index in [9.17, 15) is 4.79 Å². The summed E-state index contributed by atoms with van der Waals surface area (Å²) in [5.41, 5.74) is 2.52. The molecule has 4 rings (SSSR count). The molecule has 1 N–H and O–H groups in total. The first-order valence-electron chi connectivity index (χ1n) is 9.16. The summed E-state index contributed by atoms with van der Waals surface area (Å²) in [5, 5.41) is 13.6. The second-order valence-corrected chi connectivity index (χ2v) is 7.97. The minimum Gasteiger partial charge on any atom is -0.493 e. The third-order valence-electron chi connectivity index (χ3n) is 4.18. The molecule has 1 amide bonds. The fourth-order valence-electron chi connectivity index (χ4n) is 2.71. The Bertz CT molecular complexity index is 1180. The standard InChI is InChI=1S/C21H18N4O4S2/c1-27-16-9-8-14(10-17(16)28-2)19-24-25-21(29-19)31-12-18(26)23-20-22-15(11-30-20)13-6-4-3-5-7-13/h3-11H,12H2,1-2H3,(H,22,23,26). The largest absolute Gasteiger partial charge is 0.493 e. The average Bonchev–Trinajstić information content (AvgIpc) is 3.48. The molecule has 0 saturated heterocycles. The molecule has 31 heavy (non-hydrogen) atoms. The van der Waals surface area contributed by atoms with E-state index < -0.39 is 0 Å². The number of thiazole rings is 1. The minimum absolute atomic E-state index is 0.119. The van der Waals surface area contributed by atoms with Gasteiger partial charge in [0.05, 0.1) is 25.7 Å². The van der Waals surface area contributed by atoms with E-state index in [0.29, 0.717) is 33.3 Å². The smallest absolute Gasteiger partial charge is 0.277 e. The molecule has 2 heterocycles. The number of methoxy groups -OCH3 is 2. The van der Waals surface area contributed by atoms with E-state index in [2.05, 4.69) is 20.5 Å². The van der Waals surface area contributed by atoms with E-state index in [4.69, 9.17) is 13.9 Å². The molecule has 0 aliphatic heterocycles. The van der Waals surface area contributed by atoms with Crippen LogP contribution in [0.3, 0.4) is 0 Å². The number of thioether (sulfide) groups is 1. The van der Waals surface area contributed by atoms with Crippen LogP contribution in [0, 0.1) is 0 Å². The summed E-state index contributed by atoms with van der Waals surface area (Å²) in [7, 11) is 3.12. The van der Waals surface area contributed by atoms with Crippen molar-refractivity contribution in [1.29, 1.82) is 0 Å². The molecule has 0 fully saturated rings. The van der Waals surface area contributed by atoms with Crippen molar-refractivity contribution in [3.8, 4) is 34.2 Å². The van der Waals surface area contributed by atoms with E-state index >= 15 is 0 Å². The van der Waals surface area contributed by atoms with Crippen molar-refractivity contribution in [2.24, 2.45) is 0 Å². The summed E-state index contributed by atoms with van der Waals surface area (Å²) in [4.78, 5) is 16.7. The Morgan fingerprint density at radius 3 is 2.65 bits per heavy atom. The van der Waals surface area contributed by atoms with Crippen molar-refractivity contribution < 1.29 is 18.7 Å². The number of amides is 1. The lowest BCUT2D eigenvalue weighted by atomic mass is 10.2. The second-order valence-electron chi connectivity index (χ2n) is 6.18. The first-order chi connectivity index (χ1) is 15.2. The number of rotatable bonds is 8. The maximum absolute atomic E-state index is 12.3. The molecule has 0 bridgehead atoms. The van der Waals surface area contributed by atoms with Crippen molar-refractivity contribution in [1.82, 2.24) is 15.2 Å². The average molecular weight is 455 g/mol. The Labute approximate surface area is 186 Å². The van der Waals surface area contributed by atoms with Crippen LogP contribution in [0.5, 0.6) is 11.5 Å². The Hall–Kier alpha value is -3.37. The summed E-state index contributed by atoms with van der Waals surface area (Å²) in [6.45, 7) is 0. The van der Waals surface area contributed by atoms with Crippen LogP contribution in [-0.2, 0) is 4.79 Å². The molecule has 0 aliphatic carbocycles. The van der Waals surface area contributed by atoms with Crippen LogP contribution < -0.4 is 14.8 Å². The number of nitrogens with one attached hydrogen (secondary N) is 1. The van der Waals surface area contributed by atoms with Gasteiger partial charge in [-0.25, -0.2) is 4.98 Å². The number of anilines is 1. The zero-order valence-electron chi connectivity index (χ0n) is 16.7. The maximum Gasteiger partial charge on any atom is 0.277 e. The SMILES string of the molecule is COc1ccc(-c2nnc(SCC(=O)Nc3nc(-c4ccccc4)cs3)o2)cc1OC. The summed E-state index contributed by atoms with van der Waals surface area (Å²) < 4.78 is 16.2. The lowest BCUT2D eigenvalue weighted by Gasteiger charge is -2.07. The van der Waals surface area contributed by atoms with E-state index in [1.54, 1.807) is 32.4 Å². The molecule has 0 radical (unpaired) electrons. The van der Waals surface area contributed by atoms with E-state index in [1.165, 1.54) is 11.3 Å². The van der Waals surface area contributed by atoms with Crippen LogP contribution in [0.4, 0.5) is 5.13 Å². The lowest BCUT2D eigenvalue weighted by molar-refractivity contribution is -0.113. The molecule has 8 nitrogen and oxygen atoms in total. The molecular weight excluding hydrogens is 436 g/mol. The van der Waals surface area contributed by atoms with Gasteiger partial charge in [-0.3, -0.25) is 4.79 Å². The number of carbonyl (C=O) groups is 1. The molecule has 2 aromatic carbocycles. The Morgan fingerprint density at radius 1 is 1.06 bits per heavy atom. The van der Waals surface area contributed by atoms with E-state index in [1.807, 2.05) is 35.7 Å². The van der Waals surface area contributed by atoms with Gasteiger partial charge in [-0.05, 0) is 18.2 Å². The van der Waals surface area contributed by atoms with Crippen LogP contribution >= 0.6 is 23.1 Å². The number of hydrogen-bond donors (Lipinski definition) is 1. The molecule has 2 aromatic heterocycles.